The Morgan fingerprint density at radius 3 is 2.74 bits per heavy atom. The van der Waals surface area contributed by atoms with Gasteiger partial charge in [0.25, 0.3) is 10.9 Å². The van der Waals surface area contributed by atoms with E-state index in [2.05, 4.69) is 10.2 Å². The first kappa shape index (κ1) is 16.9. The largest absolute Gasteiger partial charge is 0.411 e. The highest BCUT2D eigenvalue weighted by Gasteiger charge is 2.15. The minimum Gasteiger partial charge on any atom is -0.411 e. The number of nitro benzene ring substituents is 1. The molecule has 1 aromatic carbocycles. The van der Waals surface area contributed by atoms with Crippen molar-refractivity contribution < 1.29 is 14.1 Å². The van der Waals surface area contributed by atoms with Crippen LogP contribution in [0.15, 0.2) is 33.9 Å². The third-order valence-electron chi connectivity index (χ3n) is 3.15. The molecule has 0 aliphatic rings. The summed E-state index contributed by atoms with van der Waals surface area (Å²) in [6.45, 7) is 5.13. The van der Waals surface area contributed by atoms with Crippen molar-refractivity contribution in [2.75, 3.05) is 18.8 Å². The first-order chi connectivity index (χ1) is 11.0. The highest BCUT2D eigenvalue weighted by atomic mass is 32.2. The van der Waals surface area contributed by atoms with Crippen molar-refractivity contribution in [1.82, 2.24) is 15.1 Å². The summed E-state index contributed by atoms with van der Waals surface area (Å²) in [5.41, 5.74) is 0.417. The van der Waals surface area contributed by atoms with Gasteiger partial charge < -0.3 is 9.32 Å². The van der Waals surface area contributed by atoms with Crippen LogP contribution in [0.5, 0.6) is 0 Å². The van der Waals surface area contributed by atoms with E-state index in [1.807, 2.05) is 13.8 Å². The molecule has 0 atom stereocenters. The number of nitro groups is 1. The molecule has 0 radical (unpaired) electrons. The zero-order valence-electron chi connectivity index (χ0n) is 12.8. The lowest BCUT2D eigenvalue weighted by Crippen LogP contribution is -2.31. The Kier molecular flexibility index (Phi) is 5.69. The molecule has 0 N–H and O–H groups in total. The van der Waals surface area contributed by atoms with Gasteiger partial charge in [0.05, 0.1) is 10.7 Å². The van der Waals surface area contributed by atoms with Gasteiger partial charge in [-0.3, -0.25) is 14.9 Å². The number of rotatable bonds is 7. The summed E-state index contributed by atoms with van der Waals surface area (Å²) in [6.07, 6.45) is 0. The second-order valence-corrected chi connectivity index (χ2v) is 5.46. The summed E-state index contributed by atoms with van der Waals surface area (Å²) in [6, 6.07) is 5.95. The summed E-state index contributed by atoms with van der Waals surface area (Å²) in [4.78, 5) is 23.9. The molecule has 0 fully saturated rings. The van der Waals surface area contributed by atoms with Gasteiger partial charge in [-0.25, -0.2) is 0 Å². The molecule has 1 amide bonds. The van der Waals surface area contributed by atoms with Gasteiger partial charge in [-0.05, 0) is 19.9 Å². The number of aromatic nitrogens is 2. The molecular weight excluding hydrogens is 320 g/mol. The smallest absolute Gasteiger partial charge is 0.277 e. The molecule has 0 saturated carbocycles. The minimum atomic E-state index is -0.488. The molecule has 8 nitrogen and oxygen atoms in total. The zero-order valence-corrected chi connectivity index (χ0v) is 13.6. The molecule has 0 aliphatic carbocycles. The van der Waals surface area contributed by atoms with Crippen LogP contribution in [-0.4, -0.2) is 44.8 Å². The third kappa shape index (κ3) is 4.28. The highest BCUT2D eigenvalue weighted by molar-refractivity contribution is 7.99. The second-order valence-electron chi connectivity index (χ2n) is 4.54. The number of hydrogen-bond donors (Lipinski definition) is 0. The molecule has 0 unspecified atom stereocenters. The summed E-state index contributed by atoms with van der Waals surface area (Å²) < 4.78 is 5.45. The number of benzene rings is 1. The average Bonchev–Trinajstić information content (AvgIpc) is 3.03. The van der Waals surface area contributed by atoms with Gasteiger partial charge in [-0.15, -0.1) is 10.2 Å². The maximum atomic E-state index is 11.9. The molecule has 2 aromatic rings. The van der Waals surface area contributed by atoms with E-state index >= 15 is 0 Å². The second kappa shape index (κ2) is 7.73. The van der Waals surface area contributed by atoms with Crippen LogP contribution < -0.4 is 0 Å². The Bertz CT molecular complexity index is 700. The number of amides is 1. The van der Waals surface area contributed by atoms with Crippen molar-refractivity contribution in [3.63, 3.8) is 0 Å². The molecule has 0 aliphatic heterocycles. The van der Waals surface area contributed by atoms with Crippen LogP contribution in [0, 0.1) is 10.1 Å². The Hall–Kier alpha value is -2.42. The molecule has 9 heteroatoms. The van der Waals surface area contributed by atoms with E-state index in [0.717, 1.165) is 11.8 Å². The first-order valence-corrected chi connectivity index (χ1v) is 8.02. The van der Waals surface area contributed by atoms with E-state index in [-0.39, 0.29) is 28.5 Å². The van der Waals surface area contributed by atoms with Crippen molar-refractivity contribution in [2.24, 2.45) is 0 Å². The Morgan fingerprint density at radius 1 is 1.35 bits per heavy atom. The molecule has 1 heterocycles. The molecule has 1 aromatic heterocycles. The lowest BCUT2D eigenvalue weighted by Gasteiger charge is -2.17. The number of nitrogens with zero attached hydrogens (tertiary/aromatic N) is 4. The predicted molar refractivity (Wildman–Crippen MR) is 85.0 cm³/mol. The van der Waals surface area contributed by atoms with Gasteiger partial charge in [0, 0.05) is 30.8 Å². The van der Waals surface area contributed by atoms with Crippen molar-refractivity contribution in [1.29, 1.82) is 0 Å². The Balaban J connectivity index is 2.05. The monoisotopic (exact) mass is 336 g/mol. The van der Waals surface area contributed by atoms with Gasteiger partial charge in [-0.2, -0.15) is 0 Å². The highest BCUT2D eigenvalue weighted by Crippen LogP contribution is 2.25. The van der Waals surface area contributed by atoms with Gasteiger partial charge in [0.15, 0.2) is 0 Å². The molecular formula is C14H16N4O4S. The fourth-order valence-electron chi connectivity index (χ4n) is 1.93. The van der Waals surface area contributed by atoms with Gasteiger partial charge in [-0.1, -0.05) is 17.8 Å². The van der Waals surface area contributed by atoms with Gasteiger partial charge >= 0.3 is 0 Å². The van der Waals surface area contributed by atoms with Crippen molar-refractivity contribution >= 4 is 23.4 Å². The number of carbonyl (C=O) groups excluding carboxylic acids is 1. The van der Waals surface area contributed by atoms with E-state index in [4.69, 9.17) is 4.42 Å². The van der Waals surface area contributed by atoms with Crippen LogP contribution in [0.25, 0.3) is 11.5 Å². The number of thioether (sulfide) groups is 1. The van der Waals surface area contributed by atoms with E-state index < -0.39 is 4.92 Å². The van der Waals surface area contributed by atoms with Crippen molar-refractivity contribution in [3.05, 3.63) is 34.4 Å². The zero-order chi connectivity index (χ0) is 16.8. The normalized spacial score (nSPS) is 10.5. The van der Waals surface area contributed by atoms with E-state index in [1.54, 1.807) is 17.0 Å². The maximum absolute atomic E-state index is 11.9. The van der Waals surface area contributed by atoms with Crippen LogP contribution in [-0.2, 0) is 4.79 Å². The molecule has 0 bridgehead atoms. The molecule has 23 heavy (non-hydrogen) atoms. The van der Waals surface area contributed by atoms with Crippen LogP contribution in [0.1, 0.15) is 13.8 Å². The number of hydrogen-bond acceptors (Lipinski definition) is 7. The lowest BCUT2D eigenvalue weighted by atomic mass is 10.2. The fourth-order valence-corrected chi connectivity index (χ4v) is 2.59. The number of non-ortho nitro benzene ring substituents is 1. The predicted octanol–water partition coefficient (Wildman–Crippen LogP) is 2.61. The van der Waals surface area contributed by atoms with E-state index in [0.29, 0.717) is 18.7 Å². The summed E-state index contributed by atoms with van der Waals surface area (Å²) >= 11 is 1.15. The van der Waals surface area contributed by atoms with E-state index in [9.17, 15) is 14.9 Å². The summed E-state index contributed by atoms with van der Waals surface area (Å²) in [5.74, 6) is 0.389. The summed E-state index contributed by atoms with van der Waals surface area (Å²) in [7, 11) is 0. The maximum Gasteiger partial charge on any atom is 0.277 e. The standard InChI is InChI=1S/C14H16N4O4S/c1-3-17(4-2)12(19)9-23-14-16-15-13(22-14)10-6-5-7-11(8-10)18(20)21/h5-8H,3-4,9H2,1-2H3. The molecule has 2 rings (SSSR count). The van der Waals surface area contributed by atoms with Crippen LogP contribution in [0.3, 0.4) is 0 Å². The molecule has 122 valence electrons. The van der Waals surface area contributed by atoms with Crippen LogP contribution in [0.4, 0.5) is 5.69 Å². The van der Waals surface area contributed by atoms with Crippen LogP contribution >= 0.6 is 11.8 Å². The molecule has 0 saturated heterocycles. The first-order valence-electron chi connectivity index (χ1n) is 7.04. The fraction of sp³-hybridized carbons (Fsp3) is 0.357. The topological polar surface area (TPSA) is 102 Å². The van der Waals surface area contributed by atoms with Crippen LogP contribution in [0.2, 0.25) is 0 Å². The quantitative estimate of drug-likeness (QED) is 0.435. The minimum absolute atomic E-state index is 0.00454. The van der Waals surface area contributed by atoms with E-state index in [1.165, 1.54) is 12.1 Å². The number of carbonyl (C=O) groups is 1. The van der Waals surface area contributed by atoms with Gasteiger partial charge in [0.2, 0.25) is 11.8 Å². The molecule has 0 spiro atoms. The lowest BCUT2D eigenvalue weighted by molar-refractivity contribution is -0.384. The van der Waals surface area contributed by atoms with Crippen molar-refractivity contribution in [3.8, 4) is 11.5 Å². The Labute approximate surface area is 137 Å². The Morgan fingerprint density at radius 2 is 2.09 bits per heavy atom. The van der Waals surface area contributed by atoms with Gasteiger partial charge in [0.1, 0.15) is 0 Å². The van der Waals surface area contributed by atoms with Crippen molar-refractivity contribution in [2.45, 2.75) is 19.1 Å². The average molecular weight is 336 g/mol. The SMILES string of the molecule is CCN(CC)C(=O)CSc1nnc(-c2cccc([N+](=O)[O-])c2)o1. The summed E-state index contributed by atoms with van der Waals surface area (Å²) in [5, 5.41) is 18.8. The third-order valence-corrected chi connectivity index (χ3v) is 3.95.